The second kappa shape index (κ2) is 9.16. The number of aromatic nitrogens is 2. The first-order valence-electron chi connectivity index (χ1n) is 8.73. The highest BCUT2D eigenvalue weighted by Crippen LogP contribution is 2.34. The van der Waals surface area contributed by atoms with E-state index in [1.165, 1.54) is 0 Å². The van der Waals surface area contributed by atoms with Crippen LogP contribution in [0.2, 0.25) is 0 Å². The van der Waals surface area contributed by atoms with Crippen LogP contribution in [0.25, 0.3) is 21.7 Å². The van der Waals surface area contributed by atoms with Crippen LogP contribution in [0.1, 0.15) is 17.0 Å². The van der Waals surface area contributed by atoms with E-state index < -0.39 is 0 Å². The van der Waals surface area contributed by atoms with Crippen molar-refractivity contribution in [3.8, 4) is 11.5 Å². The molecule has 0 atom stereocenters. The molecular weight excluding hydrogens is 411 g/mol. The van der Waals surface area contributed by atoms with Gasteiger partial charge in [-0.15, -0.1) is 24.8 Å². The maximum atomic E-state index is 12.7. The first-order chi connectivity index (χ1) is 13.1. The summed E-state index contributed by atoms with van der Waals surface area (Å²) in [4.78, 5) is 20.4. The molecule has 5 nitrogen and oxygen atoms in total. The van der Waals surface area contributed by atoms with E-state index in [2.05, 4.69) is 4.98 Å². The lowest BCUT2D eigenvalue weighted by Gasteiger charge is -2.13. The summed E-state index contributed by atoms with van der Waals surface area (Å²) in [5.41, 5.74) is 3.12. The lowest BCUT2D eigenvalue weighted by Crippen LogP contribution is -2.15. The molecule has 29 heavy (non-hydrogen) atoms. The average molecular weight is 433 g/mol. The van der Waals surface area contributed by atoms with E-state index in [0.717, 1.165) is 33.1 Å². The van der Waals surface area contributed by atoms with Gasteiger partial charge in [-0.2, -0.15) is 0 Å². The molecule has 0 aliphatic carbocycles. The minimum atomic E-state index is -0.109. The van der Waals surface area contributed by atoms with Crippen LogP contribution in [0.4, 0.5) is 0 Å². The molecule has 152 valence electrons. The fourth-order valence-corrected chi connectivity index (χ4v) is 3.44. The summed E-state index contributed by atoms with van der Waals surface area (Å²) in [6.07, 6.45) is 0.437. The number of nitrogens with one attached hydrogen (secondary N) is 1. The number of ether oxygens (including phenoxy) is 2. The highest BCUT2D eigenvalue weighted by Gasteiger charge is 2.15. The lowest BCUT2D eigenvalue weighted by molar-refractivity contribution is 0.356. The Labute approximate surface area is 180 Å². The monoisotopic (exact) mass is 432 g/mol. The van der Waals surface area contributed by atoms with Crippen LogP contribution in [0, 0.1) is 6.92 Å². The molecular formula is C22H22Cl2N2O3. The molecule has 0 amide bonds. The number of rotatable bonds is 4. The van der Waals surface area contributed by atoms with Crippen LogP contribution in [0.3, 0.4) is 0 Å². The molecule has 0 unspecified atom stereocenters. The highest BCUT2D eigenvalue weighted by atomic mass is 35.5. The Balaban J connectivity index is 0.00000150. The number of benzene rings is 2. The topological polar surface area (TPSA) is 64.2 Å². The van der Waals surface area contributed by atoms with Crippen LogP contribution in [0.5, 0.6) is 11.5 Å². The first-order valence-corrected chi connectivity index (χ1v) is 8.73. The number of hydrogen-bond acceptors (Lipinski definition) is 4. The van der Waals surface area contributed by atoms with Gasteiger partial charge in [-0.3, -0.25) is 9.78 Å². The lowest BCUT2D eigenvalue weighted by atomic mass is 10.00. The third-order valence-electron chi connectivity index (χ3n) is 4.84. The van der Waals surface area contributed by atoms with Crippen molar-refractivity contribution in [2.45, 2.75) is 13.3 Å². The van der Waals surface area contributed by atoms with Gasteiger partial charge in [0.05, 0.1) is 19.7 Å². The van der Waals surface area contributed by atoms with E-state index in [0.29, 0.717) is 23.5 Å². The Hall–Kier alpha value is -2.76. The Morgan fingerprint density at radius 3 is 2.28 bits per heavy atom. The van der Waals surface area contributed by atoms with Gasteiger partial charge in [0.2, 0.25) is 0 Å². The van der Waals surface area contributed by atoms with Gasteiger partial charge in [0, 0.05) is 34.1 Å². The van der Waals surface area contributed by atoms with Gasteiger partial charge in [0.25, 0.3) is 5.56 Å². The Kier molecular flexibility index (Phi) is 7.11. The standard InChI is InChI=1S/C22H20N2O3.2ClH/c1-13-16-11-20(26-2)21(27-3)12-17(16)18(22(25)23-13)10-15-9-8-14-6-4-5-7-19(14)24-15;;/h4-9,11-12H,10H2,1-3H3,(H,23,25);2*1H. The highest BCUT2D eigenvalue weighted by molar-refractivity contribution is 5.90. The van der Waals surface area contributed by atoms with Gasteiger partial charge in [-0.25, -0.2) is 0 Å². The summed E-state index contributed by atoms with van der Waals surface area (Å²) < 4.78 is 10.8. The van der Waals surface area contributed by atoms with Crippen LogP contribution in [0.15, 0.2) is 53.3 Å². The number of fused-ring (bicyclic) bond motifs is 2. The first kappa shape index (κ1) is 22.5. The van der Waals surface area contributed by atoms with E-state index in [1.807, 2.05) is 55.5 Å². The molecule has 2 heterocycles. The number of aromatic amines is 1. The molecule has 4 aromatic rings. The number of aryl methyl sites for hydroxylation is 1. The number of H-pyrrole nitrogens is 1. The smallest absolute Gasteiger partial charge is 0.252 e. The van der Waals surface area contributed by atoms with Crippen molar-refractivity contribution in [1.29, 1.82) is 0 Å². The van der Waals surface area contributed by atoms with E-state index >= 15 is 0 Å². The second-order valence-electron chi connectivity index (χ2n) is 6.48. The summed E-state index contributed by atoms with van der Waals surface area (Å²) in [5, 5.41) is 2.86. The fraction of sp³-hybridized carbons (Fsp3) is 0.182. The zero-order valence-corrected chi connectivity index (χ0v) is 17.9. The largest absolute Gasteiger partial charge is 0.493 e. The molecule has 0 aliphatic rings. The zero-order valence-electron chi connectivity index (χ0n) is 16.3. The molecule has 2 aromatic carbocycles. The van der Waals surface area contributed by atoms with Crippen molar-refractivity contribution >= 4 is 46.5 Å². The third-order valence-corrected chi connectivity index (χ3v) is 4.84. The molecule has 0 aliphatic heterocycles. The van der Waals surface area contributed by atoms with Crippen molar-refractivity contribution < 1.29 is 9.47 Å². The van der Waals surface area contributed by atoms with Gasteiger partial charge in [0.1, 0.15) is 0 Å². The summed E-state index contributed by atoms with van der Waals surface area (Å²) in [6.45, 7) is 1.88. The zero-order chi connectivity index (χ0) is 19.0. The maximum absolute atomic E-state index is 12.7. The van der Waals surface area contributed by atoms with Gasteiger partial charge < -0.3 is 14.5 Å². The minimum Gasteiger partial charge on any atom is -0.493 e. The average Bonchev–Trinajstić information content (AvgIpc) is 2.70. The normalized spacial score (nSPS) is 10.3. The second-order valence-corrected chi connectivity index (χ2v) is 6.48. The van der Waals surface area contributed by atoms with Crippen LogP contribution in [-0.2, 0) is 6.42 Å². The molecule has 0 saturated heterocycles. The van der Waals surface area contributed by atoms with Gasteiger partial charge >= 0.3 is 0 Å². The molecule has 4 rings (SSSR count). The van der Waals surface area contributed by atoms with Crippen LogP contribution in [-0.4, -0.2) is 24.2 Å². The number of hydrogen-bond donors (Lipinski definition) is 1. The summed E-state index contributed by atoms with van der Waals surface area (Å²) in [5.74, 6) is 1.23. The molecule has 0 radical (unpaired) electrons. The molecule has 0 bridgehead atoms. The number of pyridine rings is 2. The van der Waals surface area contributed by atoms with Gasteiger partial charge in [-0.1, -0.05) is 24.3 Å². The van der Waals surface area contributed by atoms with E-state index in [-0.39, 0.29) is 30.4 Å². The van der Waals surface area contributed by atoms with Crippen molar-refractivity contribution in [3.63, 3.8) is 0 Å². The minimum absolute atomic E-state index is 0. The van der Waals surface area contributed by atoms with Gasteiger partial charge in [-0.05, 0) is 36.6 Å². The third kappa shape index (κ3) is 4.16. The molecule has 0 spiro atoms. The number of nitrogens with zero attached hydrogens (tertiary/aromatic N) is 1. The number of para-hydroxylation sites is 1. The van der Waals surface area contributed by atoms with Crippen molar-refractivity contribution in [2.24, 2.45) is 0 Å². The quantitative estimate of drug-likeness (QED) is 0.501. The Morgan fingerprint density at radius 1 is 0.931 bits per heavy atom. The number of methoxy groups -OCH3 is 2. The van der Waals surface area contributed by atoms with Crippen molar-refractivity contribution in [1.82, 2.24) is 9.97 Å². The molecule has 2 aromatic heterocycles. The van der Waals surface area contributed by atoms with Crippen molar-refractivity contribution in [2.75, 3.05) is 14.2 Å². The van der Waals surface area contributed by atoms with Crippen LogP contribution >= 0.6 is 24.8 Å². The van der Waals surface area contributed by atoms with E-state index in [1.54, 1.807) is 14.2 Å². The van der Waals surface area contributed by atoms with E-state index in [4.69, 9.17) is 14.5 Å². The summed E-state index contributed by atoms with van der Waals surface area (Å²) in [6, 6.07) is 15.7. The van der Waals surface area contributed by atoms with E-state index in [9.17, 15) is 4.79 Å². The SMILES string of the molecule is COc1cc2c(C)[nH]c(=O)c(Cc3ccc4ccccc4n3)c2cc1OC.Cl.Cl. The van der Waals surface area contributed by atoms with Gasteiger partial charge in [0.15, 0.2) is 11.5 Å². The Morgan fingerprint density at radius 2 is 1.59 bits per heavy atom. The predicted octanol–water partition coefficient (Wildman–Crippen LogP) is 4.84. The predicted molar refractivity (Wildman–Crippen MR) is 121 cm³/mol. The molecule has 7 heteroatoms. The molecule has 1 N–H and O–H groups in total. The summed E-state index contributed by atoms with van der Waals surface area (Å²) in [7, 11) is 3.19. The summed E-state index contributed by atoms with van der Waals surface area (Å²) >= 11 is 0. The fourth-order valence-electron chi connectivity index (χ4n) is 3.44. The van der Waals surface area contributed by atoms with Crippen LogP contribution < -0.4 is 15.0 Å². The maximum Gasteiger partial charge on any atom is 0.252 e. The molecule has 0 fully saturated rings. The number of halogens is 2. The Bertz CT molecular complexity index is 1220. The molecule has 0 saturated carbocycles. The van der Waals surface area contributed by atoms with Crippen molar-refractivity contribution in [3.05, 3.63) is 75.8 Å².